The monoisotopic (exact) mass is 381 g/mol. The topological polar surface area (TPSA) is 37.4 Å². The molecule has 5 heteroatoms. The Balaban J connectivity index is 2.20. The van der Waals surface area contributed by atoms with Crippen molar-refractivity contribution in [3.63, 3.8) is 0 Å². The number of nitrogens with zero attached hydrogens (tertiary/aromatic N) is 1. The fraction of sp³-hybridized carbons (Fsp3) is 0.143. The van der Waals surface area contributed by atoms with Crippen molar-refractivity contribution in [2.75, 3.05) is 4.90 Å². The normalized spacial score (nSPS) is 23.4. The first-order chi connectivity index (χ1) is 9.11. The fourth-order valence-electron chi connectivity index (χ4n) is 2.25. The van der Waals surface area contributed by atoms with E-state index in [0.717, 1.165) is 10.8 Å². The molecule has 2 aromatic rings. The van der Waals surface area contributed by atoms with E-state index in [2.05, 4.69) is 31.9 Å². The molecule has 3 rings (SSSR count). The third-order valence-corrected chi connectivity index (χ3v) is 5.73. The van der Waals surface area contributed by atoms with Gasteiger partial charge in [0.25, 0.3) is 0 Å². The van der Waals surface area contributed by atoms with Crippen molar-refractivity contribution in [3.05, 3.63) is 42.5 Å². The van der Waals surface area contributed by atoms with Crippen molar-refractivity contribution in [2.45, 2.75) is 9.65 Å². The summed E-state index contributed by atoms with van der Waals surface area (Å²) in [5, 5.41) is 1.90. The number of fused-ring (bicyclic) bond motifs is 1. The van der Waals surface area contributed by atoms with Gasteiger partial charge >= 0.3 is 0 Å². The minimum absolute atomic E-state index is 0.233. The maximum Gasteiger partial charge on any atom is 0.249 e. The number of hydrogen-bond donors (Lipinski definition) is 0. The maximum atomic E-state index is 12.2. The number of benzene rings is 2. The van der Waals surface area contributed by atoms with E-state index in [-0.39, 0.29) is 11.8 Å². The Kier molecular flexibility index (Phi) is 3.19. The van der Waals surface area contributed by atoms with Gasteiger partial charge in [0, 0.05) is 5.39 Å². The second-order valence-corrected chi connectivity index (χ2v) is 6.29. The van der Waals surface area contributed by atoms with Gasteiger partial charge in [0.15, 0.2) is 0 Å². The zero-order valence-corrected chi connectivity index (χ0v) is 12.9. The van der Waals surface area contributed by atoms with Gasteiger partial charge in [-0.05, 0) is 11.5 Å². The molecule has 2 aromatic carbocycles. The summed E-state index contributed by atoms with van der Waals surface area (Å²) in [4.78, 5) is 24.6. The Labute approximate surface area is 126 Å². The first kappa shape index (κ1) is 12.8. The molecule has 0 bridgehead atoms. The molecule has 0 aromatic heterocycles. The highest BCUT2D eigenvalue weighted by molar-refractivity contribution is 9.12. The van der Waals surface area contributed by atoms with Crippen molar-refractivity contribution in [3.8, 4) is 0 Å². The summed E-state index contributed by atoms with van der Waals surface area (Å²) in [5.41, 5.74) is 0.638. The first-order valence-electron chi connectivity index (χ1n) is 5.75. The lowest BCUT2D eigenvalue weighted by molar-refractivity contribution is -0.120. The highest BCUT2D eigenvalue weighted by Crippen LogP contribution is 2.34. The number of hydrogen-bond acceptors (Lipinski definition) is 2. The van der Waals surface area contributed by atoms with Gasteiger partial charge < -0.3 is 0 Å². The van der Waals surface area contributed by atoms with Gasteiger partial charge in [-0.3, -0.25) is 9.59 Å². The molecule has 1 aliphatic heterocycles. The minimum Gasteiger partial charge on any atom is -0.273 e. The second-order valence-electron chi connectivity index (χ2n) is 4.31. The van der Waals surface area contributed by atoms with Crippen LogP contribution in [-0.2, 0) is 9.59 Å². The van der Waals surface area contributed by atoms with E-state index < -0.39 is 9.65 Å². The standard InChI is InChI=1S/C14H9Br2NO2/c15-11-12(16)14(19)17(13(11)18)10-7-3-5-8-4-1-2-6-9(8)10/h1-7,11-12H. The van der Waals surface area contributed by atoms with Crippen LogP contribution in [-0.4, -0.2) is 21.5 Å². The van der Waals surface area contributed by atoms with E-state index in [1.807, 2.05) is 36.4 Å². The summed E-state index contributed by atoms with van der Waals surface area (Å²) >= 11 is 6.50. The van der Waals surface area contributed by atoms with Crippen LogP contribution in [0.3, 0.4) is 0 Å². The number of imide groups is 1. The molecule has 0 saturated carbocycles. The number of rotatable bonds is 1. The van der Waals surface area contributed by atoms with Crippen LogP contribution >= 0.6 is 31.9 Å². The molecule has 1 aliphatic rings. The van der Waals surface area contributed by atoms with Crippen molar-refractivity contribution < 1.29 is 9.59 Å². The summed E-state index contributed by atoms with van der Waals surface area (Å²) in [6.07, 6.45) is 0. The Morgan fingerprint density at radius 3 is 2.11 bits per heavy atom. The molecule has 2 unspecified atom stereocenters. The van der Waals surface area contributed by atoms with Gasteiger partial charge in [0.1, 0.15) is 9.65 Å². The van der Waals surface area contributed by atoms with Crippen molar-refractivity contribution in [1.29, 1.82) is 0 Å². The molecular weight excluding hydrogens is 374 g/mol. The highest BCUT2D eigenvalue weighted by atomic mass is 79.9. The van der Waals surface area contributed by atoms with Gasteiger partial charge in [0.05, 0.1) is 5.69 Å². The van der Waals surface area contributed by atoms with Crippen LogP contribution < -0.4 is 4.90 Å². The SMILES string of the molecule is O=C1C(Br)C(Br)C(=O)N1c1cccc2ccccc12. The third-order valence-electron chi connectivity index (χ3n) is 3.18. The Hall–Kier alpha value is -1.20. The molecule has 0 radical (unpaired) electrons. The molecule has 96 valence electrons. The van der Waals surface area contributed by atoms with Gasteiger partial charge in [-0.2, -0.15) is 0 Å². The molecule has 19 heavy (non-hydrogen) atoms. The van der Waals surface area contributed by atoms with E-state index in [0.29, 0.717) is 5.69 Å². The Bertz CT molecular complexity index is 661. The molecule has 2 atom stereocenters. The number of anilines is 1. The number of carbonyl (C=O) groups is 2. The van der Waals surface area contributed by atoms with E-state index in [4.69, 9.17) is 0 Å². The van der Waals surface area contributed by atoms with Crippen molar-refractivity contribution in [1.82, 2.24) is 0 Å². The van der Waals surface area contributed by atoms with Gasteiger partial charge in [-0.25, -0.2) is 4.90 Å². The molecule has 1 fully saturated rings. The van der Waals surface area contributed by atoms with Crippen LogP contribution in [0.2, 0.25) is 0 Å². The summed E-state index contributed by atoms with van der Waals surface area (Å²) < 4.78 is 0. The van der Waals surface area contributed by atoms with E-state index in [9.17, 15) is 9.59 Å². The van der Waals surface area contributed by atoms with Crippen LogP contribution in [0.25, 0.3) is 10.8 Å². The summed E-state index contributed by atoms with van der Waals surface area (Å²) in [6, 6.07) is 13.3. The number of halogens is 2. The molecular formula is C14H9Br2NO2. The first-order valence-corrected chi connectivity index (χ1v) is 7.58. The van der Waals surface area contributed by atoms with Gasteiger partial charge in [0.2, 0.25) is 11.8 Å². The lowest BCUT2D eigenvalue weighted by Gasteiger charge is -2.16. The van der Waals surface area contributed by atoms with E-state index in [1.54, 1.807) is 6.07 Å². The maximum absolute atomic E-state index is 12.2. The van der Waals surface area contributed by atoms with E-state index >= 15 is 0 Å². The number of alkyl halides is 2. The molecule has 0 aliphatic carbocycles. The molecule has 0 spiro atoms. The molecule has 0 N–H and O–H groups in total. The third kappa shape index (κ3) is 1.92. The van der Waals surface area contributed by atoms with Gasteiger partial charge in [-0.1, -0.05) is 68.3 Å². The Morgan fingerprint density at radius 1 is 0.842 bits per heavy atom. The average molecular weight is 383 g/mol. The van der Waals surface area contributed by atoms with Crippen LogP contribution in [0.1, 0.15) is 0 Å². The minimum atomic E-state index is -0.515. The predicted molar refractivity (Wildman–Crippen MR) is 81.9 cm³/mol. The van der Waals surface area contributed by atoms with Crippen molar-refractivity contribution in [2.24, 2.45) is 0 Å². The van der Waals surface area contributed by atoms with Crippen molar-refractivity contribution >= 4 is 60.1 Å². The largest absolute Gasteiger partial charge is 0.273 e. The molecule has 1 saturated heterocycles. The van der Waals surface area contributed by atoms with Crippen LogP contribution in [0.4, 0.5) is 5.69 Å². The zero-order valence-electron chi connectivity index (χ0n) is 9.72. The average Bonchev–Trinajstić information content (AvgIpc) is 2.63. The second kappa shape index (κ2) is 4.72. The van der Waals surface area contributed by atoms with Crippen LogP contribution in [0.5, 0.6) is 0 Å². The summed E-state index contributed by atoms with van der Waals surface area (Å²) in [7, 11) is 0. The van der Waals surface area contributed by atoms with Crippen LogP contribution in [0.15, 0.2) is 42.5 Å². The summed E-state index contributed by atoms with van der Waals surface area (Å²) in [5.74, 6) is -0.466. The molecule has 1 heterocycles. The predicted octanol–water partition coefficient (Wildman–Crippen LogP) is 3.24. The lowest BCUT2D eigenvalue weighted by atomic mass is 10.1. The fourth-order valence-corrected chi connectivity index (χ4v) is 3.11. The van der Waals surface area contributed by atoms with Gasteiger partial charge in [-0.15, -0.1) is 0 Å². The quantitative estimate of drug-likeness (QED) is 0.560. The Morgan fingerprint density at radius 2 is 1.42 bits per heavy atom. The smallest absolute Gasteiger partial charge is 0.249 e. The number of carbonyl (C=O) groups excluding carboxylic acids is 2. The lowest BCUT2D eigenvalue weighted by Crippen LogP contribution is -2.31. The zero-order chi connectivity index (χ0) is 13.6. The number of amides is 2. The van der Waals surface area contributed by atoms with E-state index in [1.165, 1.54) is 4.90 Å². The van der Waals surface area contributed by atoms with Crippen LogP contribution in [0, 0.1) is 0 Å². The summed E-state index contributed by atoms with van der Waals surface area (Å²) in [6.45, 7) is 0. The molecule has 2 amide bonds. The molecule has 3 nitrogen and oxygen atoms in total. The highest BCUT2D eigenvalue weighted by Gasteiger charge is 2.46.